The largest absolute Gasteiger partial charge is 0.473 e. The van der Waals surface area contributed by atoms with Crippen LogP contribution in [0.3, 0.4) is 0 Å². The van der Waals surface area contributed by atoms with Gasteiger partial charge >= 0.3 is 16.9 Å². The summed E-state index contributed by atoms with van der Waals surface area (Å²) in [6.07, 6.45) is 2.46. The molecule has 0 aromatic carbocycles. The molecule has 0 radical (unpaired) electrons. The van der Waals surface area contributed by atoms with Crippen LogP contribution in [0, 0.1) is 37.7 Å². The summed E-state index contributed by atoms with van der Waals surface area (Å²) in [6.45, 7) is 11.4. The molecule has 0 aliphatic carbocycles. The molecule has 41 heavy (non-hydrogen) atoms. The number of halogens is 4. The average molecular weight is 698 g/mol. The van der Waals surface area contributed by atoms with E-state index in [-0.39, 0.29) is 29.7 Å². The van der Waals surface area contributed by atoms with E-state index in [0.717, 1.165) is 28.6 Å². The van der Waals surface area contributed by atoms with Crippen LogP contribution in [0.4, 0.5) is 30.2 Å². The summed E-state index contributed by atoms with van der Waals surface area (Å²) in [5, 5.41) is 20.5. The van der Waals surface area contributed by atoms with Gasteiger partial charge in [-0.25, -0.2) is 23.1 Å². The van der Waals surface area contributed by atoms with E-state index >= 15 is 0 Å². The van der Waals surface area contributed by atoms with Crippen LogP contribution >= 0.6 is 22.6 Å². The molecule has 17 heteroatoms. The van der Waals surface area contributed by atoms with Crippen LogP contribution in [0.5, 0.6) is 11.8 Å². The number of anilines is 1. The number of aromatic nitrogens is 3. The number of rotatable bonds is 6. The first-order valence-corrected chi connectivity index (χ1v) is 12.9. The lowest BCUT2D eigenvalue weighted by Crippen LogP contribution is -2.10. The number of nitrogens with two attached hydrogens (primary N) is 1. The zero-order valence-electron chi connectivity index (χ0n) is 22.9. The van der Waals surface area contributed by atoms with Crippen LogP contribution in [-0.4, -0.2) is 40.9 Å². The van der Waals surface area contributed by atoms with Crippen LogP contribution in [0.15, 0.2) is 41.6 Å². The van der Waals surface area contributed by atoms with E-state index in [9.17, 15) is 38.2 Å². The number of alkyl halides is 1. The minimum Gasteiger partial charge on any atom is -0.473 e. The fraction of sp³-hybridized carbons (Fsp3) is 0.375. The molecule has 0 amide bonds. The molecule has 3 N–H and O–H groups in total. The number of nitrogens with zero attached hydrogens (tertiary/aromatic N) is 4. The van der Waals surface area contributed by atoms with Crippen molar-refractivity contribution >= 4 is 39.7 Å². The van der Waals surface area contributed by atoms with Gasteiger partial charge in [-0.1, -0.05) is 36.4 Å². The van der Waals surface area contributed by atoms with E-state index in [1.165, 1.54) is 6.07 Å². The first-order chi connectivity index (χ1) is 18.9. The van der Waals surface area contributed by atoms with Crippen LogP contribution in [0.2, 0.25) is 0 Å². The predicted octanol–water partition coefficient (Wildman–Crippen LogP) is 5.76. The highest BCUT2D eigenvalue weighted by molar-refractivity contribution is 14.1. The van der Waals surface area contributed by atoms with Gasteiger partial charge in [-0.05, 0) is 27.7 Å². The quantitative estimate of drug-likeness (QED) is 0.139. The second-order valence-corrected chi connectivity index (χ2v) is 10.9. The molecule has 0 unspecified atom stereocenters. The molecule has 3 rings (SSSR count). The van der Waals surface area contributed by atoms with Gasteiger partial charge in [0, 0.05) is 16.2 Å². The molecule has 3 aromatic heterocycles. The molecular formula is C24H30F3IN6O7. The number of ether oxygens (including phenoxy) is 2. The number of H-pyrrole nitrogens is 1. The van der Waals surface area contributed by atoms with Crippen LogP contribution in [-0.2, 0) is 0 Å². The Kier molecular flexibility index (Phi) is 16.5. The maximum absolute atomic E-state index is 12.6. The van der Waals surface area contributed by atoms with E-state index in [2.05, 4.69) is 46.4 Å². The van der Waals surface area contributed by atoms with Crippen LogP contribution in [0.1, 0.15) is 41.5 Å². The van der Waals surface area contributed by atoms with Gasteiger partial charge in [-0.15, -0.1) is 0 Å². The molecule has 0 fully saturated rings. The number of nitrogen functional groups attached to an aromatic ring is 1. The molecule has 0 aliphatic rings. The summed E-state index contributed by atoms with van der Waals surface area (Å²) in [5.41, 5.74) is 3.52. The third-order valence-electron chi connectivity index (χ3n) is 3.58. The second kappa shape index (κ2) is 18.3. The fourth-order valence-corrected chi connectivity index (χ4v) is 2.21. The smallest absolute Gasteiger partial charge is 0.336 e. The Hall–Kier alpha value is -4.03. The molecule has 226 valence electrons. The Morgan fingerprint density at radius 2 is 1.24 bits per heavy atom. The summed E-state index contributed by atoms with van der Waals surface area (Å²) in [7, 11) is 0. The van der Waals surface area contributed by atoms with E-state index in [1.807, 2.05) is 18.8 Å². The fourth-order valence-electron chi connectivity index (χ4n) is 2.21. The second-order valence-electron chi connectivity index (χ2n) is 8.42. The van der Waals surface area contributed by atoms with Gasteiger partial charge in [0.05, 0.1) is 52.3 Å². The van der Waals surface area contributed by atoms with Gasteiger partial charge in [0.15, 0.2) is 0 Å². The van der Waals surface area contributed by atoms with E-state index in [4.69, 9.17) is 15.2 Å². The third kappa shape index (κ3) is 16.0. The number of pyridine rings is 3. The van der Waals surface area contributed by atoms with Crippen molar-refractivity contribution in [2.45, 2.75) is 57.7 Å². The van der Waals surface area contributed by atoms with Crippen LogP contribution < -0.4 is 20.8 Å². The Bertz CT molecular complexity index is 1340. The Labute approximate surface area is 246 Å². The van der Waals surface area contributed by atoms with Gasteiger partial charge < -0.3 is 20.2 Å². The first kappa shape index (κ1) is 37.0. The maximum Gasteiger partial charge on any atom is 0.336 e. The van der Waals surface area contributed by atoms with Crippen molar-refractivity contribution in [1.82, 2.24) is 15.0 Å². The van der Waals surface area contributed by atoms with E-state index in [1.54, 1.807) is 13.8 Å². The molecule has 13 nitrogen and oxygen atoms in total. The topological polar surface area (TPSA) is 189 Å². The molecule has 0 saturated carbocycles. The van der Waals surface area contributed by atoms with Crippen molar-refractivity contribution in [3.63, 3.8) is 0 Å². The summed E-state index contributed by atoms with van der Waals surface area (Å²) < 4.78 is 48.4. The normalized spacial score (nSPS) is 9.98. The Balaban J connectivity index is 0.000000552. The minimum atomic E-state index is -0.943. The van der Waals surface area contributed by atoms with E-state index in [0.29, 0.717) is 6.07 Å². The third-order valence-corrected chi connectivity index (χ3v) is 3.58. The van der Waals surface area contributed by atoms with Crippen molar-refractivity contribution in [3.05, 3.63) is 84.8 Å². The number of nitrogens with one attached hydrogen (secondary N) is 1. The molecule has 0 spiro atoms. The first-order valence-electron chi connectivity index (χ1n) is 11.6. The Morgan fingerprint density at radius 3 is 1.66 bits per heavy atom. The molecule has 3 aromatic rings. The van der Waals surface area contributed by atoms with Crippen molar-refractivity contribution in [3.8, 4) is 11.8 Å². The van der Waals surface area contributed by atoms with Crippen molar-refractivity contribution in [1.29, 1.82) is 0 Å². The zero-order chi connectivity index (χ0) is 31.9. The molecule has 0 aliphatic heterocycles. The lowest BCUT2D eigenvalue weighted by atomic mass is 10.4. The van der Waals surface area contributed by atoms with Gasteiger partial charge in [0.25, 0.3) is 5.88 Å². The SMILES string of the molecule is CC(C)I.CC(C)Oc1ncc(F)cc1N.CC(C)Oc1ncc(F)cc1[N+](=O)[O-].O=c1[nH]cc(F)cc1[N+](=O)[O-]. The molecule has 0 atom stereocenters. The van der Waals surface area contributed by atoms with Gasteiger partial charge in [-0.2, -0.15) is 0 Å². The lowest BCUT2D eigenvalue weighted by molar-refractivity contribution is -0.386. The standard InChI is InChI=1S/C8H9FN2O3.C8H11FN2O.C5H3FN2O3.C3H7I/c1-5(2)14-8-7(11(12)13)3-6(9)4-10-8;1-5(2)12-8-7(10)3-6(9)4-11-8;6-3-1-4(8(10)11)5(9)7-2-3;1-3(2)4/h3-5H,1-2H3;3-5H,10H2,1-2H3;1-2H,(H,7,9);3H,1-2H3. The summed E-state index contributed by atoms with van der Waals surface area (Å²) >= 11 is 2.34. The van der Waals surface area contributed by atoms with Crippen molar-refractivity contribution < 1.29 is 32.5 Å². The number of nitro groups is 2. The number of hydrogen-bond acceptors (Lipinski definition) is 10. The molecule has 0 bridgehead atoms. The summed E-state index contributed by atoms with van der Waals surface area (Å²) in [5.74, 6) is -1.93. The van der Waals surface area contributed by atoms with Crippen molar-refractivity contribution in [2.75, 3.05) is 5.73 Å². The minimum absolute atomic E-state index is 0.00902. The van der Waals surface area contributed by atoms with E-state index < -0.39 is 44.2 Å². The van der Waals surface area contributed by atoms with Crippen molar-refractivity contribution in [2.24, 2.45) is 0 Å². The highest BCUT2D eigenvalue weighted by Gasteiger charge is 2.19. The summed E-state index contributed by atoms with van der Waals surface area (Å²) in [6, 6.07) is 2.54. The van der Waals surface area contributed by atoms with Gasteiger partial charge in [0.2, 0.25) is 5.88 Å². The molecule has 0 saturated heterocycles. The average Bonchev–Trinajstić information content (AvgIpc) is 2.83. The maximum atomic E-state index is 12.6. The highest BCUT2D eigenvalue weighted by atomic mass is 127. The summed E-state index contributed by atoms with van der Waals surface area (Å²) in [4.78, 5) is 38.4. The number of aromatic amines is 1. The monoisotopic (exact) mass is 698 g/mol. The zero-order valence-corrected chi connectivity index (χ0v) is 25.1. The lowest BCUT2D eigenvalue weighted by Gasteiger charge is -2.09. The Morgan fingerprint density at radius 1 is 0.829 bits per heavy atom. The highest BCUT2D eigenvalue weighted by Crippen LogP contribution is 2.25. The van der Waals surface area contributed by atoms with Gasteiger partial charge in [-0.3, -0.25) is 25.0 Å². The van der Waals surface area contributed by atoms with Crippen LogP contribution in [0.25, 0.3) is 0 Å². The van der Waals surface area contributed by atoms with Gasteiger partial charge in [0.1, 0.15) is 17.5 Å². The molecule has 3 heterocycles. The number of hydrogen-bond donors (Lipinski definition) is 2. The molecular weight excluding hydrogens is 668 g/mol. The predicted molar refractivity (Wildman–Crippen MR) is 154 cm³/mol.